The fraction of sp³-hybridized carbons (Fsp3) is 0.421. The Morgan fingerprint density at radius 2 is 2.00 bits per heavy atom. The van der Waals surface area contributed by atoms with Crippen LogP contribution in [0.15, 0.2) is 24.3 Å². The summed E-state index contributed by atoms with van der Waals surface area (Å²) in [6.07, 6.45) is 2.35. The van der Waals surface area contributed by atoms with E-state index in [2.05, 4.69) is 20.7 Å². The molecule has 0 radical (unpaired) electrons. The van der Waals surface area contributed by atoms with Crippen LogP contribution in [0, 0.1) is 0 Å². The fourth-order valence-electron chi connectivity index (χ4n) is 2.77. The summed E-state index contributed by atoms with van der Waals surface area (Å²) in [5.74, 6) is -0.0513. The summed E-state index contributed by atoms with van der Waals surface area (Å²) in [5.41, 5.74) is 0.949. The third-order valence-corrected chi connectivity index (χ3v) is 4.34. The molecular weight excluding hydrogens is 362 g/mol. The number of hydrogen-bond donors (Lipinski definition) is 2. The van der Waals surface area contributed by atoms with Crippen LogP contribution in [0.4, 0.5) is 11.6 Å². The van der Waals surface area contributed by atoms with Crippen molar-refractivity contribution in [2.45, 2.75) is 45.6 Å². The van der Waals surface area contributed by atoms with E-state index >= 15 is 0 Å². The Morgan fingerprint density at radius 1 is 1.25 bits per heavy atom. The summed E-state index contributed by atoms with van der Waals surface area (Å²) in [4.78, 5) is 40.5. The minimum absolute atomic E-state index is 0.0633. The van der Waals surface area contributed by atoms with Gasteiger partial charge in [0.05, 0.1) is 18.6 Å². The fourth-order valence-corrected chi connectivity index (χ4v) is 2.77. The van der Waals surface area contributed by atoms with Crippen molar-refractivity contribution in [3.05, 3.63) is 35.7 Å². The maximum atomic E-state index is 12.3. The second-order valence-electron chi connectivity index (χ2n) is 6.47. The second kappa shape index (κ2) is 8.64. The number of aryl methyl sites for hydroxylation is 1. The average molecular weight is 385 g/mol. The van der Waals surface area contributed by atoms with Gasteiger partial charge in [0.25, 0.3) is 5.91 Å². The molecule has 0 fully saturated rings. The second-order valence-corrected chi connectivity index (χ2v) is 6.47. The maximum Gasteiger partial charge on any atom is 0.338 e. The molecule has 9 nitrogen and oxygen atoms in total. The maximum absolute atomic E-state index is 12.3. The number of carbonyl (C=O) groups excluding carboxylic acids is 3. The van der Waals surface area contributed by atoms with Crippen LogP contribution < -0.4 is 10.6 Å². The minimum atomic E-state index is -0.726. The van der Waals surface area contributed by atoms with Crippen molar-refractivity contribution in [2.75, 3.05) is 17.2 Å². The molecule has 1 aromatic heterocycles. The Balaban J connectivity index is 1.57. The van der Waals surface area contributed by atoms with Crippen LogP contribution in [-0.2, 0) is 20.7 Å². The smallest absolute Gasteiger partial charge is 0.338 e. The summed E-state index contributed by atoms with van der Waals surface area (Å²) >= 11 is 0. The molecule has 1 atom stereocenters. The molecule has 0 saturated carbocycles. The normalized spacial score (nSPS) is 15.1. The molecule has 1 aromatic carbocycles. The van der Waals surface area contributed by atoms with Crippen LogP contribution in [0.25, 0.3) is 0 Å². The van der Waals surface area contributed by atoms with Crippen LogP contribution >= 0.6 is 0 Å². The van der Waals surface area contributed by atoms with Gasteiger partial charge in [-0.25, -0.2) is 9.48 Å². The number of ether oxygens (including phenoxy) is 1. The first-order valence-electron chi connectivity index (χ1n) is 9.35. The van der Waals surface area contributed by atoms with Gasteiger partial charge in [-0.1, -0.05) is 20.3 Å². The molecule has 3 rings (SSSR count). The predicted molar refractivity (Wildman–Crippen MR) is 102 cm³/mol. The highest BCUT2D eigenvalue weighted by molar-refractivity contribution is 6.01. The van der Waals surface area contributed by atoms with Gasteiger partial charge >= 0.3 is 5.97 Å². The van der Waals surface area contributed by atoms with Gasteiger partial charge in [-0.3, -0.25) is 14.9 Å². The summed E-state index contributed by atoms with van der Waals surface area (Å²) in [7, 11) is 0. The number of esters is 1. The Bertz CT molecular complexity index is 875. The van der Waals surface area contributed by atoms with Crippen LogP contribution in [-0.4, -0.2) is 39.2 Å². The highest BCUT2D eigenvalue weighted by Gasteiger charge is 2.34. The number of aromatic nitrogens is 3. The zero-order valence-corrected chi connectivity index (χ0v) is 15.9. The van der Waals surface area contributed by atoms with E-state index in [1.807, 2.05) is 13.8 Å². The minimum Gasteiger partial charge on any atom is -0.462 e. The van der Waals surface area contributed by atoms with E-state index in [0.29, 0.717) is 36.1 Å². The molecule has 1 unspecified atom stereocenters. The summed E-state index contributed by atoms with van der Waals surface area (Å²) in [6.45, 7) is 4.33. The average Bonchev–Trinajstić information content (AvgIpc) is 3.20. The molecule has 2 N–H and O–H groups in total. The van der Waals surface area contributed by atoms with E-state index < -0.39 is 6.04 Å². The van der Waals surface area contributed by atoms with Crippen LogP contribution in [0.1, 0.15) is 55.3 Å². The molecule has 2 heterocycles. The van der Waals surface area contributed by atoms with Crippen molar-refractivity contribution in [3.63, 3.8) is 0 Å². The molecule has 148 valence electrons. The molecular formula is C19H23N5O4. The summed E-state index contributed by atoms with van der Waals surface area (Å²) < 4.78 is 6.60. The molecule has 1 aliphatic rings. The lowest BCUT2D eigenvalue weighted by Crippen LogP contribution is -2.24. The lowest BCUT2D eigenvalue weighted by molar-refractivity contribution is -0.123. The lowest BCUT2D eigenvalue weighted by Gasteiger charge is -2.10. The number of fused-ring (bicyclic) bond motifs is 1. The third kappa shape index (κ3) is 4.36. The van der Waals surface area contributed by atoms with Crippen molar-refractivity contribution in [3.8, 4) is 0 Å². The van der Waals surface area contributed by atoms with Gasteiger partial charge in [0, 0.05) is 12.1 Å². The first-order chi connectivity index (χ1) is 13.5. The topological polar surface area (TPSA) is 115 Å². The Labute approximate surface area is 162 Å². The first-order valence-corrected chi connectivity index (χ1v) is 9.35. The van der Waals surface area contributed by atoms with Crippen molar-refractivity contribution >= 4 is 29.4 Å². The van der Waals surface area contributed by atoms with Crippen molar-refractivity contribution in [1.82, 2.24) is 14.8 Å². The van der Waals surface area contributed by atoms with Gasteiger partial charge in [-0.05, 0) is 30.7 Å². The number of amides is 2. The lowest BCUT2D eigenvalue weighted by atomic mass is 10.1. The number of unbranched alkanes of at least 4 members (excludes halogenated alkanes) is 1. The standard InChI is InChI=1S/C19H23N5O4/c1-3-5-10-28-18(27)12-6-8-13(9-7-12)20-16(25)11-14-17(26)22-19-21-15(4-2)23-24(14)19/h6-9,14H,3-5,10-11H2,1-2H3,(H,20,25)(H,21,22,23,26). The highest BCUT2D eigenvalue weighted by atomic mass is 16.5. The van der Waals surface area contributed by atoms with E-state index in [-0.39, 0.29) is 24.2 Å². The van der Waals surface area contributed by atoms with Crippen molar-refractivity contribution in [2.24, 2.45) is 0 Å². The van der Waals surface area contributed by atoms with E-state index in [0.717, 1.165) is 12.8 Å². The molecule has 28 heavy (non-hydrogen) atoms. The monoisotopic (exact) mass is 385 g/mol. The molecule has 2 aromatic rings. The number of anilines is 2. The van der Waals surface area contributed by atoms with Gasteiger partial charge < -0.3 is 10.1 Å². The van der Waals surface area contributed by atoms with E-state index in [4.69, 9.17) is 4.74 Å². The molecule has 0 aliphatic carbocycles. The molecule has 0 saturated heterocycles. The van der Waals surface area contributed by atoms with Gasteiger partial charge in [-0.2, -0.15) is 10.1 Å². The zero-order valence-electron chi connectivity index (χ0n) is 15.9. The Hall–Kier alpha value is -3.23. The number of carbonyl (C=O) groups is 3. The van der Waals surface area contributed by atoms with E-state index in [1.165, 1.54) is 4.68 Å². The number of nitrogens with one attached hydrogen (secondary N) is 2. The highest BCUT2D eigenvalue weighted by Crippen LogP contribution is 2.25. The van der Waals surface area contributed by atoms with Crippen LogP contribution in [0.3, 0.4) is 0 Å². The van der Waals surface area contributed by atoms with Gasteiger partial charge in [0.1, 0.15) is 6.04 Å². The Morgan fingerprint density at radius 3 is 2.68 bits per heavy atom. The predicted octanol–water partition coefficient (Wildman–Crippen LogP) is 2.32. The number of nitrogens with zero attached hydrogens (tertiary/aromatic N) is 3. The molecule has 0 spiro atoms. The number of hydrogen-bond acceptors (Lipinski definition) is 6. The molecule has 0 bridgehead atoms. The summed E-state index contributed by atoms with van der Waals surface area (Å²) in [5, 5.41) is 9.61. The molecule has 9 heteroatoms. The third-order valence-electron chi connectivity index (χ3n) is 4.34. The van der Waals surface area contributed by atoms with Crippen molar-refractivity contribution in [1.29, 1.82) is 0 Å². The van der Waals surface area contributed by atoms with Crippen LogP contribution in [0.5, 0.6) is 0 Å². The zero-order chi connectivity index (χ0) is 20.1. The van der Waals surface area contributed by atoms with Gasteiger partial charge in [-0.15, -0.1) is 0 Å². The summed E-state index contributed by atoms with van der Waals surface area (Å²) in [6, 6.07) is 5.71. The van der Waals surface area contributed by atoms with E-state index in [9.17, 15) is 14.4 Å². The molecule has 1 aliphatic heterocycles. The van der Waals surface area contributed by atoms with Gasteiger partial charge in [0.15, 0.2) is 5.82 Å². The first kappa shape index (κ1) is 19.5. The van der Waals surface area contributed by atoms with Crippen LogP contribution in [0.2, 0.25) is 0 Å². The van der Waals surface area contributed by atoms with Gasteiger partial charge in [0.2, 0.25) is 11.9 Å². The number of benzene rings is 1. The SMILES string of the molecule is CCCCOC(=O)c1ccc(NC(=O)CC2C(=O)Nc3nc(CC)nn32)cc1. The largest absolute Gasteiger partial charge is 0.462 e. The van der Waals surface area contributed by atoms with Crippen molar-refractivity contribution < 1.29 is 19.1 Å². The Kier molecular flexibility index (Phi) is 6.03. The quantitative estimate of drug-likeness (QED) is 0.532. The number of rotatable bonds is 8. The molecule has 2 amide bonds. The van der Waals surface area contributed by atoms with E-state index in [1.54, 1.807) is 24.3 Å².